The maximum atomic E-state index is 12.2. The molecule has 0 spiro atoms. The zero-order valence-electron chi connectivity index (χ0n) is 11.1. The van der Waals surface area contributed by atoms with E-state index in [1.165, 1.54) is 0 Å². The molecule has 1 saturated heterocycles. The van der Waals surface area contributed by atoms with Gasteiger partial charge in [-0.1, -0.05) is 6.07 Å². The van der Waals surface area contributed by atoms with Gasteiger partial charge in [-0.3, -0.25) is 4.79 Å². The van der Waals surface area contributed by atoms with E-state index in [-0.39, 0.29) is 12.5 Å². The van der Waals surface area contributed by atoms with Crippen LogP contribution in [0.25, 0.3) is 0 Å². The molecule has 0 bridgehead atoms. The Morgan fingerprint density at radius 2 is 2.11 bits per heavy atom. The number of amides is 1. The smallest absolute Gasteiger partial charge is 0.247 e. The van der Waals surface area contributed by atoms with Crippen molar-refractivity contribution in [1.29, 1.82) is 0 Å². The SMILES string of the molecule is CN1CCN(c2ccc(CO)cn2)C(C)(C)C1=O. The van der Waals surface area contributed by atoms with Gasteiger partial charge in [0.1, 0.15) is 11.4 Å². The third-order valence-electron chi connectivity index (χ3n) is 3.47. The summed E-state index contributed by atoms with van der Waals surface area (Å²) in [5.41, 5.74) is 0.192. The van der Waals surface area contributed by atoms with E-state index in [1.807, 2.05) is 37.9 Å². The maximum absolute atomic E-state index is 12.2. The second kappa shape index (κ2) is 4.57. The van der Waals surface area contributed by atoms with Crippen molar-refractivity contribution in [3.05, 3.63) is 23.9 Å². The highest BCUT2D eigenvalue weighted by atomic mass is 16.3. The number of rotatable bonds is 2. The highest BCUT2D eigenvalue weighted by molar-refractivity contribution is 5.90. The summed E-state index contributed by atoms with van der Waals surface area (Å²) in [5, 5.41) is 9.00. The molecule has 2 rings (SSSR count). The van der Waals surface area contributed by atoms with Gasteiger partial charge in [-0.2, -0.15) is 0 Å². The third-order valence-corrected chi connectivity index (χ3v) is 3.47. The predicted octanol–water partition coefficient (Wildman–Crippen LogP) is 0.631. The van der Waals surface area contributed by atoms with Gasteiger partial charge in [-0.05, 0) is 25.5 Å². The third kappa shape index (κ3) is 2.06. The fourth-order valence-corrected chi connectivity index (χ4v) is 2.28. The van der Waals surface area contributed by atoms with E-state index in [0.717, 1.165) is 17.9 Å². The van der Waals surface area contributed by atoms with Crippen LogP contribution in [0.4, 0.5) is 5.82 Å². The van der Waals surface area contributed by atoms with Crippen molar-refractivity contribution in [2.45, 2.75) is 26.0 Å². The summed E-state index contributed by atoms with van der Waals surface area (Å²) < 4.78 is 0. The average molecular weight is 249 g/mol. The lowest BCUT2D eigenvalue weighted by Crippen LogP contribution is -2.62. The number of aromatic nitrogens is 1. The van der Waals surface area contributed by atoms with Crippen molar-refractivity contribution in [1.82, 2.24) is 9.88 Å². The van der Waals surface area contributed by atoms with Crippen LogP contribution in [-0.4, -0.2) is 46.6 Å². The first-order valence-corrected chi connectivity index (χ1v) is 6.06. The van der Waals surface area contributed by atoms with Crippen molar-refractivity contribution >= 4 is 11.7 Å². The van der Waals surface area contributed by atoms with Crippen molar-refractivity contribution in [3.8, 4) is 0 Å². The molecule has 0 aromatic carbocycles. The maximum Gasteiger partial charge on any atom is 0.247 e. The zero-order chi connectivity index (χ0) is 13.3. The predicted molar refractivity (Wildman–Crippen MR) is 69.2 cm³/mol. The van der Waals surface area contributed by atoms with Crippen LogP contribution in [0.5, 0.6) is 0 Å². The summed E-state index contributed by atoms with van der Waals surface area (Å²) in [6, 6.07) is 3.69. The molecular formula is C13H19N3O2. The second-order valence-corrected chi connectivity index (χ2v) is 5.12. The Morgan fingerprint density at radius 1 is 1.39 bits per heavy atom. The molecule has 1 aliphatic heterocycles. The van der Waals surface area contributed by atoms with Gasteiger partial charge in [0.25, 0.3) is 0 Å². The first kappa shape index (κ1) is 12.8. The van der Waals surface area contributed by atoms with E-state index >= 15 is 0 Å². The number of aliphatic hydroxyl groups is 1. The number of carbonyl (C=O) groups is 1. The van der Waals surface area contributed by atoms with Crippen LogP contribution in [0.3, 0.4) is 0 Å². The highest BCUT2D eigenvalue weighted by Gasteiger charge is 2.40. The van der Waals surface area contributed by atoms with Gasteiger partial charge >= 0.3 is 0 Å². The molecule has 0 unspecified atom stereocenters. The number of pyridine rings is 1. The quantitative estimate of drug-likeness (QED) is 0.835. The molecule has 2 heterocycles. The van der Waals surface area contributed by atoms with Crippen LogP contribution in [-0.2, 0) is 11.4 Å². The van der Waals surface area contributed by atoms with Gasteiger partial charge in [0, 0.05) is 26.3 Å². The van der Waals surface area contributed by atoms with Crippen LogP contribution in [0, 0.1) is 0 Å². The van der Waals surface area contributed by atoms with Gasteiger partial charge in [-0.25, -0.2) is 4.98 Å². The van der Waals surface area contributed by atoms with Gasteiger partial charge in [0.15, 0.2) is 0 Å². The molecule has 1 aliphatic rings. The average Bonchev–Trinajstić information content (AvgIpc) is 2.36. The van der Waals surface area contributed by atoms with E-state index in [4.69, 9.17) is 5.11 Å². The summed E-state index contributed by atoms with van der Waals surface area (Å²) in [6.07, 6.45) is 1.65. The Morgan fingerprint density at radius 3 is 2.67 bits per heavy atom. The van der Waals surface area contributed by atoms with E-state index in [1.54, 1.807) is 11.1 Å². The van der Waals surface area contributed by atoms with Crippen molar-refractivity contribution in [3.63, 3.8) is 0 Å². The Bertz CT molecular complexity index is 442. The van der Waals surface area contributed by atoms with Crippen molar-refractivity contribution in [2.75, 3.05) is 25.0 Å². The summed E-state index contributed by atoms with van der Waals surface area (Å²) in [5.74, 6) is 0.875. The van der Waals surface area contributed by atoms with Gasteiger partial charge < -0.3 is 14.9 Å². The largest absolute Gasteiger partial charge is 0.392 e. The van der Waals surface area contributed by atoms with Crippen LogP contribution in [0.1, 0.15) is 19.4 Å². The number of anilines is 1. The van der Waals surface area contributed by atoms with Gasteiger partial charge in [0.2, 0.25) is 5.91 Å². The van der Waals surface area contributed by atoms with Crippen LogP contribution < -0.4 is 4.90 Å². The van der Waals surface area contributed by atoms with Crippen molar-refractivity contribution < 1.29 is 9.90 Å². The summed E-state index contributed by atoms with van der Waals surface area (Å²) >= 11 is 0. The molecule has 0 atom stereocenters. The number of piperazine rings is 1. The van der Waals surface area contributed by atoms with E-state index in [9.17, 15) is 4.79 Å². The molecule has 1 amide bonds. The van der Waals surface area contributed by atoms with E-state index < -0.39 is 5.54 Å². The van der Waals surface area contributed by atoms with Crippen LogP contribution >= 0.6 is 0 Å². The summed E-state index contributed by atoms with van der Waals surface area (Å²) in [6.45, 7) is 5.27. The first-order chi connectivity index (χ1) is 8.46. The Kier molecular flexibility index (Phi) is 3.26. The molecule has 18 heavy (non-hydrogen) atoms. The number of hydrogen-bond donors (Lipinski definition) is 1. The molecule has 1 fully saturated rings. The molecule has 5 nitrogen and oxygen atoms in total. The van der Waals surface area contributed by atoms with Crippen LogP contribution in [0.15, 0.2) is 18.3 Å². The Labute approximate surface area is 107 Å². The summed E-state index contributed by atoms with van der Waals surface area (Å²) in [7, 11) is 1.82. The van der Waals surface area contributed by atoms with Gasteiger partial charge in [0.05, 0.1) is 6.61 Å². The Hall–Kier alpha value is -1.62. The molecule has 0 radical (unpaired) electrons. The van der Waals surface area contributed by atoms with E-state index in [2.05, 4.69) is 4.98 Å². The molecule has 0 aliphatic carbocycles. The molecule has 1 aromatic heterocycles. The summed E-state index contributed by atoms with van der Waals surface area (Å²) in [4.78, 5) is 20.3. The fourth-order valence-electron chi connectivity index (χ4n) is 2.28. The van der Waals surface area contributed by atoms with Crippen LogP contribution in [0.2, 0.25) is 0 Å². The molecule has 0 saturated carbocycles. The van der Waals surface area contributed by atoms with Crippen molar-refractivity contribution in [2.24, 2.45) is 0 Å². The monoisotopic (exact) mass is 249 g/mol. The number of nitrogens with zero attached hydrogens (tertiary/aromatic N) is 3. The number of aliphatic hydroxyl groups excluding tert-OH is 1. The first-order valence-electron chi connectivity index (χ1n) is 6.06. The molecule has 5 heteroatoms. The molecule has 1 N–H and O–H groups in total. The number of likely N-dealkylation sites (N-methyl/N-ethyl adjacent to an activating group) is 1. The molecular weight excluding hydrogens is 230 g/mol. The topological polar surface area (TPSA) is 56.7 Å². The number of carbonyl (C=O) groups excluding carboxylic acids is 1. The van der Waals surface area contributed by atoms with Gasteiger partial charge in [-0.15, -0.1) is 0 Å². The minimum absolute atomic E-state index is 0.0155. The molecule has 98 valence electrons. The minimum Gasteiger partial charge on any atom is -0.392 e. The fraction of sp³-hybridized carbons (Fsp3) is 0.538. The normalized spacial score (nSPS) is 19.2. The van der Waals surface area contributed by atoms with E-state index in [0.29, 0.717) is 6.54 Å². The lowest BCUT2D eigenvalue weighted by molar-refractivity contribution is -0.136. The standard InChI is InChI=1S/C13H19N3O2/c1-13(2)12(18)15(3)6-7-16(13)11-5-4-10(9-17)8-14-11/h4-5,8,17H,6-7,9H2,1-3H3. The highest BCUT2D eigenvalue weighted by Crippen LogP contribution is 2.26. The molecule has 1 aromatic rings. The lowest BCUT2D eigenvalue weighted by atomic mass is 9.98. The number of hydrogen-bond acceptors (Lipinski definition) is 4. The minimum atomic E-state index is -0.583. The second-order valence-electron chi connectivity index (χ2n) is 5.12. The zero-order valence-corrected chi connectivity index (χ0v) is 11.1. The Balaban J connectivity index is 2.29. The lowest BCUT2D eigenvalue weighted by Gasteiger charge is -2.45.